The van der Waals surface area contributed by atoms with Gasteiger partial charge in [-0.15, -0.1) is 5.92 Å². The van der Waals surface area contributed by atoms with E-state index in [1.165, 1.54) is 17.7 Å². The van der Waals surface area contributed by atoms with Gasteiger partial charge >= 0.3 is 6.18 Å². The second kappa shape index (κ2) is 10.5. The number of carbonyl (C=O) groups excluding carboxylic acids is 1. The van der Waals surface area contributed by atoms with Crippen molar-refractivity contribution in [3.05, 3.63) is 94.2 Å². The molecule has 0 aliphatic carbocycles. The van der Waals surface area contributed by atoms with Crippen LogP contribution in [0.15, 0.2) is 72.0 Å². The largest absolute Gasteiger partial charge is 0.416 e. The van der Waals surface area contributed by atoms with Crippen molar-refractivity contribution in [2.75, 3.05) is 13.1 Å². The summed E-state index contributed by atoms with van der Waals surface area (Å²) in [7, 11) is 0. The van der Waals surface area contributed by atoms with E-state index in [1.54, 1.807) is 11.1 Å². The zero-order valence-electron chi connectivity index (χ0n) is 20.0. The lowest BCUT2D eigenvalue weighted by Crippen LogP contribution is -2.39. The molecule has 2 aliphatic heterocycles. The molecule has 0 saturated carbocycles. The highest BCUT2D eigenvalue weighted by Crippen LogP contribution is 2.32. The van der Waals surface area contributed by atoms with Gasteiger partial charge in [-0.2, -0.15) is 13.2 Å². The second-order valence-corrected chi connectivity index (χ2v) is 9.19. The van der Waals surface area contributed by atoms with Gasteiger partial charge in [0.25, 0.3) is 5.91 Å². The Morgan fingerprint density at radius 2 is 1.83 bits per heavy atom. The van der Waals surface area contributed by atoms with Gasteiger partial charge in [-0.1, -0.05) is 48.8 Å². The first kappa shape index (κ1) is 24.8. The Morgan fingerprint density at radius 1 is 1.06 bits per heavy atom. The molecule has 0 N–H and O–H groups in total. The molecule has 2 aromatic carbocycles. The van der Waals surface area contributed by atoms with E-state index in [-0.39, 0.29) is 18.4 Å². The van der Waals surface area contributed by atoms with Gasteiger partial charge in [-0.3, -0.25) is 9.69 Å². The smallest absolute Gasteiger partial charge is 0.311 e. The molecule has 3 nitrogen and oxygen atoms in total. The van der Waals surface area contributed by atoms with Crippen molar-refractivity contribution >= 4 is 5.91 Å². The summed E-state index contributed by atoms with van der Waals surface area (Å²) in [6.45, 7) is 6.36. The van der Waals surface area contributed by atoms with Crippen molar-refractivity contribution in [1.82, 2.24) is 9.80 Å². The van der Waals surface area contributed by atoms with Gasteiger partial charge in [-0.05, 0) is 61.1 Å². The van der Waals surface area contributed by atoms with Crippen LogP contribution in [0.4, 0.5) is 13.2 Å². The van der Waals surface area contributed by atoms with E-state index in [0.29, 0.717) is 12.1 Å². The summed E-state index contributed by atoms with van der Waals surface area (Å²) < 4.78 is 38.8. The number of hydrogen-bond acceptors (Lipinski definition) is 2. The van der Waals surface area contributed by atoms with Crippen LogP contribution in [0, 0.1) is 17.8 Å². The molecule has 2 aromatic rings. The summed E-state index contributed by atoms with van der Waals surface area (Å²) in [5.74, 6) is 6.23. The number of hydrogen-bond donors (Lipinski definition) is 0. The van der Waals surface area contributed by atoms with Crippen molar-refractivity contribution < 1.29 is 18.0 Å². The van der Waals surface area contributed by atoms with Crippen molar-refractivity contribution in [3.8, 4) is 11.8 Å². The molecule has 0 aromatic heterocycles. The van der Waals surface area contributed by atoms with E-state index in [4.69, 9.17) is 0 Å². The van der Waals surface area contributed by atoms with Crippen molar-refractivity contribution in [1.29, 1.82) is 0 Å². The first-order valence-electron chi connectivity index (χ1n) is 11.8. The monoisotopic (exact) mass is 478 g/mol. The molecule has 182 valence electrons. The van der Waals surface area contributed by atoms with Gasteiger partial charge in [0, 0.05) is 37.0 Å². The highest BCUT2D eigenvalue weighted by molar-refractivity contribution is 5.95. The van der Waals surface area contributed by atoms with Crippen LogP contribution in [-0.4, -0.2) is 28.8 Å². The van der Waals surface area contributed by atoms with Crippen LogP contribution < -0.4 is 0 Å². The molecule has 4 rings (SSSR count). The van der Waals surface area contributed by atoms with Crippen LogP contribution in [-0.2, 0) is 24.1 Å². The number of allylic oxidation sites excluding steroid dienone is 1. The highest BCUT2D eigenvalue weighted by atomic mass is 19.4. The zero-order valence-corrected chi connectivity index (χ0v) is 20.0. The van der Waals surface area contributed by atoms with Gasteiger partial charge in [0.2, 0.25) is 0 Å². The minimum absolute atomic E-state index is 0.0713. The van der Waals surface area contributed by atoms with E-state index in [9.17, 15) is 18.0 Å². The van der Waals surface area contributed by atoms with Gasteiger partial charge < -0.3 is 4.90 Å². The summed E-state index contributed by atoms with van der Waals surface area (Å²) in [4.78, 5) is 17.5. The molecule has 2 aliphatic rings. The third-order valence-corrected chi connectivity index (χ3v) is 6.59. The summed E-state index contributed by atoms with van der Waals surface area (Å²) in [6, 6.07) is 13.2. The fraction of sp³-hybridized carbons (Fsp3) is 0.345. The van der Waals surface area contributed by atoms with Gasteiger partial charge in [-0.25, -0.2) is 0 Å². The van der Waals surface area contributed by atoms with E-state index < -0.39 is 11.7 Å². The molecule has 1 amide bonds. The molecule has 35 heavy (non-hydrogen) atoms. The van der Waals surface area contributed by atoms with Crippen LogP contribution in [0.5, 0.6) is 0 Å². The average Bonchev–Trinajstić information content (AvgIpc) is 2.82. The molecule has 6 heteroatoms. The molecular formula is C29H29F3N2O. The Hall–Kier alpha value is -3.30. The van der Waals surface area contributed by atoms with Crippen LogP contribution in [0.3, 0.4) is 0 Å². The number of amides is 1. The van der Waals surface area contributed by atoms with E-state index in [2.05, 4.69) is 35.8 Å². The molecule has 0 spiro atoms. The maximum absolute atomic E-state index is 13.6. The number of halogens is 3. The minimum Gasteiger partial charge on any atom is -0.311 e. The van der Waals surface area contributed by atoms with Gasteiger partial charge in [0.1, 0.15) is 0 Å². The highest BCUT2D eigenvalue weighted by Gasteiger charge is 2.31. The second-order valence-electron chi connectivity index (χ2n) is 9.19. The van der Waals surface area contributed by atoms with Crippen LogP contribution in [0.1, 0.15) is 48.9 Å². The molecule has 2 heterocycles. The summed E-state index contributed by atoms with van der Waals surface area (Å²) in [5.41, 5.74) is 4.11. The van der Waals surface area contributed by atoms with Gasteiger partial charge in [0.05, 0.1) is 12.1 Å². The fourth-order valence-electron chi connectivity index (χ4n) is 4.76. The van der Waals surface area contributed by atoms with Crippen molar-refractivity contribution in [2.24, 2.45) is 5.92 Å². The fourth-order valence-corrected chi connectivity index (χ4v) is 4.76. The number of carbonyl (C=O) groups is 1. The molecule has 0 bridgehead atoms. The average molecular weight is 479 g/mol. The minimum atomic E-state index is -4.38. The molecule has 0 radical (unpaired) electrons. The normalized spacial score (nSPS) is 20.0. The van der Waals surface area contributed by atoms with Crippen molar-refractivity contribution in [3.63, 3.8) is 0 Å². The Labute approximate surface area is 204 Å². The maximum atomic E-state index is 13.6. The summed E-state index contributed by atoms with van der Waals surface area (Å²) in [6.07, 6.45) is 1.06. The lowest BCUT2D eigenvalue weighted by Gasteiger charge is -2.35. The Balaban J connectivity index is 1.52. The molecule has 1 atom stereocenters. The number of alkyl halides is 3. The number of benzene rings is 2. The van der Waals surface area contributed by atoms with E-state index in [0.717, 1.165) is 54.8 Å². The van der Waals surface area contributed by atoms with Crippen LogP contribution >= 0.6 is 0 Å². The first-order chi connectivity index (χ1) is 16.7. The Kier molecular flexibility index (Phi) is 7.47. The number of nitrogens with zero attached hydrogens (tertiary/aromatic N) is 2. The SMILES string of the molecule is CC#Cc1cccc(CN2CCC3=C(C2)C(=O)N(Cc2ccc(C(F)(F)F)cc2)/C=C/CC3C)c1. The first-order valence-corrected chi connectivity index (χ1v) is 11.8. The predicted molar refractivity (Wildman–Crippen MR) is 131 cm³/mol. The maximum Gasteiger partial charge on any atom is 0.416 e. The van der Waals surface area contributed by atoms with E-state index >= 15 is 0 Å². The van der Waals surface area contributed by atoms with Crippen LogP contribution in [0.25, 0.3) is 0 Å². The van der Waals surface area contributed by atoms with Gasteiger partial charge in [0.15, 0.2) is 0 Å². The predicted octanol–water partition coefficient (Wildman–Crippen LogP) is 6.16. The number of rotatable bonds is 4. The molecular weight excluding hydrogens is 449 g/mol. The Bertz CT molecular complexity index is 1200. The molecule has 1 unspecified atom stereocenters. The van der Waals surface area contributed by atoms with E-state index in [1.807, 2.05) is 25.1 Å². The quantitative estimate of drug-likeness (QED) is 0.492. The third kappa shape index (κ3) is 6.04. The topological polar surface area (TPSA) is 23.6 Å². The molecule has 0 fully saturated rings. The van der Waals surface area contributed by atoms with Crippen molar-refractivity contribution in [2.45, 2.75) is 46.0 Å². The standard InChI is InChI=1S/C29H29F3N2O/c1-3-6-22-8-4-9-24(17-22)18-33-16-14-26-21(2)7-5-15-34(28(35)27(26)20-33)19-23-10-12-25(13-11-23)29(30,31)32/h4-5,8-13,15,17,21H,7,14,16,18-20H2,1-2H3/b15-5+. The lowest BCUT2D eigenvalue weighted by atomic mass is 9.86. The van der Waals surface area contributed by atoms with Crippen LogP contribution in [0.2, 0.25) is 0 Å². The lowest BCUT2D eigenvalue weighted by molar-refractivity contribution is -0.137. The third-order valence-electron chi connectivity index (χ3n) is 6.59. The summed E-state index contributed by atoms with van der Waals surface area (Å²) in [5, 5.41) is 0. The Morgan fingerprint density at radius 3 is 2.54 bits per heavy atom. The molecule has 0 saturated heterocycles. The summed E-state index contributed by atoms with van der Waals surface area (Å²) >= 11 is 0. The zero-order chi connectivity index (χ0) is 25.0.